The summed E-state index contributed by atoms with van der Waals surface area (Å²) in [6.45, 7) is 6.95. The molecule has 0 fully saturated rings. The van der Waals surface area contributed by atoms with Crippen LogP contribution in [0.2, 0.25) is 0 Å². The van der Waals surface area contributed by atoms with Crippen LogP contribution in [0.25, 0.3) is 0 Å². The molecule has 0 aromatic heterocycles. The lowest BCUT2D eigenvalue weighted by Gasteiger charge is -2.32. The highest BCUT2D eigenvalue weighted by molar-refractivity contribution is 5.39. The molecular formula is C15H22N2. The van der Waals surface area contributed by atoms with E-state index in [1.54, 1.807) is 0 Å². The second-order valence-corrected chi connectivity index (χ2v) is 4.95. The largest absolute Gasteiger partial charge is 0.330 e. The van der Waals surface area contributed by atoms with Gasteiger partial charge in [-0.1, -0.05) is 38.1 Å². The maximum atomic E-state index is 9.66. The van der Waals surface area contributed by atoms with Gasteiger partial charge in [-0.3, -0.25) is 0 Å². The third kappa shape index (κ3) is 2.68. The monoisotopic (exact) mass is 230 g/mol. The van der Waals surface area contributed by atoms with Gasteiger partial charge < -0.3 is 5.73 Å². The highest BCUT2D eigenvalue weighted by atomic mass is 14.5. The number of nitrogens with two attached hydrogens (primary N) is 1. The van der Waals surface area contributed by atoms with Gasteiger partial charge in [0, 0.05) is 0 Å². The second-order valence-electron chi connectivity index (χ2n) is 4.95. The topological polar surface area (TPSA) is 49.8 Å². The van der Waals surface area contributed by atoms with Crippen LogP contribution in [0, 0.1) is 24.2 Å². The highest BCUT2D eigenvalue weighted by Crippen LogP contribution is 2.37. The molecule has 0 bridgehead atoms. The molecule has 1 aromatic rings. The van der Waals surface area contributed by atoms with Crippen molar-refractivity contribution in [3.8, 4) is 6.07 Å². The van der Waals surface area contributed by atoms with Gasteiger partial charge in [-0.15, -0.1) is 0 Å². The predicted octanol–water partition coefficient (Wildman–Crippen LogP) is 3.15. The number of hydrogen-bond acceptors (Lipinski definition) is 2. The quantitative estimate of drug-likeness (QED) is 0.844. The van der Waals surface area contributed by atoms with E-state index < -0.39 is 5.41 Å². The van der Waals surface area contributed by atoms with Gasteiger partial charge in [0.15, 0.2) is 0 Å². The molecule has 0 heterocycles. The van der Waals surface area contributed by atoms with E-state index in [-0.39, 0.29) is 0 Å². The van der Waals surface area contributed by atoms with Crippen LogP contribution in [-0.2, 0) is 5.41 Å². The summed E-state index contributed by atoms with van der Waals surface area (Å²) in [6.07, 6.45) is 1.72. The van der Waals surface area contributed by atoms with Crippen molar-refractivity contribution in [2.24, 2.45) is 11.7 Å². The average molecular weight is 230 g/mol. The summed E-state index contributed by atoms with van der Waals surface area (Å²) in [7, 11) is 0. The summed E-state index contributed by atoms with van der Waals surface area (Å²) in [5.74, 6) is 0.292. The van der Waals surface area contributed by atoms with Gasteiger partial charge >= 0.3 is 0 Å². The standard InChI is InChI=1S/C15H22N2/c1-12(2)15(11-17,9-6-10-16)14-8-5-4-7-13(14)3/h4-5,7-8,12H,6,9-10,16H2,1-3H3/t15-/m1/s1. The van der Waals surface area contributed by atoms with Crippen LogP contribution in [0.5, 0.6) is 0 Å². The second kappa shape index (κ2) is 5.84. The van der Waals surface area contributed by atoms with Crippen molar-refractivity contribution in [2.45, 2.75) is 39.0 Å². The Morgan fingerprint density at radius 2 is 2.00 bits per heavy atom. The first-order chi connectivity index (χ1) is 8.08. The Labute approximate surface area is 104 Å². The summed E-state index contributed by atoms with van der Waals surface area (Å²) in [5, 5.41) is 9.66. The van der Waals surface area contributed by atoms with E-state index in [0.717, 1.165) is 18.4 Å². The van der Waals surface area contributed by atoms with Crippen molar-refractivity contribution >= 4 is 0 Å². The maximum Gasteiger partial charge on any atom is 0.0848 e. The van der Waals surface area contributed by atoms with Crippen LogP contribution < -0.4 is 5.73 Å². The Hall–Kier alpha value is -1.33. The van der Waals surface area contributed by atoms with E-state index >= 15 is 0 Å². The molecule has 2 nitrogen and oxygen atoms in total. The first kappa shape index (κ1) is 13.7. The fourth-order valence-electron chi connectivity index (χ4n) is 2.43. The molecule has 0 aliphatic rings. The molecule has 0 radical (unpaired) electrons. The molecule has 0 aliphatic heterocycles. The van der Waals surface area contributed by atoms with E-state index in [1.807, 2.05) is 12.1 Å². The number of nitriles is 1. The van der Waals surface area contributed by atoms with Crippen molar-refractivity contribution in [3.05, 3.63) is 35.4 Å². The van der Waals surface area contributed by atoms with E-state index in [1.165, 1.54) is 5.56 Å². The van der Waals surface area contributed by atoms with E-state index in [9.17, 15) is 5.26 Å². The minimum Gasteiger partial charge on any atom is -0.330 e. The van der Waals surface area contributed by atoms with Gasteiger partial charge in [-0.25, -0.2) is 0 Å². The predicted molar refractivity (Wildman–Crippen MR) is 71.6 cm³/mol. The number of hydrogen-bond donors (Lipinski definition) is 1. The van der Waals surface area contributed by atoms with Crippen LogP contribution in [0.4, 0.5) is 0 Å². The third-order valence-corrected chi connectivity index (χ3v) is 3.59. The maximum absolute atomic E-state index is 9.66. The molecule has 0 saturated carbocycles. The number of aryl methyl sites for hydroxylation is 1. The van der Waals surface area contributed by atoms with E-state index in [0.29, 0.717) is 12.5 Å². The van der Waals surface area contributed by atoms with E-state index in [2.05, 4.69) is 39.0 Å². The molecule has 0 amide bonds. The van der Waals surface area contributed by atoms with Crippen molar-refractivity contribution in [2.75, 3.05) is 6.54 Å². The number of rotatable bonds is 5. The van der Waals surface area contributed by atoms with Crippen LogP contribution in [0.3, 0.4) is 0 Å². The third-order valence-electron chi connectivity index (χ3n) is 3.59. The Kier molecular flexibility index (Phi) is 4.72. The molecule has 0 saturated heterocycles. The van der Waals surface area contributed by atoms with Crippen LogP contribution in [-0.4, -0.2) is 6.54 Å². The van der Waals surface area contributed by atoms with Crippen molar-refractivity contribution < 1.29 is 0 Å². The van der Waals surface area contributed by atoms with Crippen LogP contribution in [0.15, 0.2) is 24.3 Å². The SMILES string of the molecule is Cc1ccccc1[C@@](C#N)(CCCN)C(C)C. The van der Waals surface area contributed by atoms with Gasteiger partial charge in [0.25, 0.3) is 0 Å². The van der Waals surface area contributed by atoms with Gasteiger partial charge in [-0.2, -0.15) is 5.26 Å². The Balaban J connectivity index is 3.23. The van der Waals surface area contributed by atoms with Gasteiger partial charge in [0.1, 0.15) is 0 Å². The molecule has 1 rings (SSSR count). The van der Waals surface area contributed by atoms with Gasteiger partial charge in [0.05, 0.1) is 11.5 Å². The molecule has 0 spiro atoms. The van der Waals surface area contributed by atoms with E-state index in [4.69, 9.17) is 5.73 Å². The molecule has 1 atom stereocenters. The number of benzene rings is 1. The molecule has 17 heavy (non-hydrogen) atoms. The smallest absolute Gasteiger partial charge is 0.0848 e. The van der Waals surface area contributed by atoms with Crippen molar-refractivity contribution in [3.63, 3.8) is 0 Å². The summed E-state index contributed by atoms with van der Waals surface area (Å²) >= 11 is 0. The molecule has 0 unspecified atom stereocenters. The lowest BCUT2D eigenvalue weighted by Crippen LogP contribution is -2.32. The lowest BCUT2D eigenvalue weighted by atomic mass is 9.68. The fourth-order valence-corrected chi connectivity index (χ4v) is 2.43. The first-order valence-electron chi connectivity index (χ1n) is 6.26. The molecule has 1 aromatic carbocycles. The zero-order chi connectivity index (χ0) is 12.9. The average Bonchev–Trinajstić information content (AvgIpc) is 2.32. The summed E-state index contributed by atoms with van der Waals surface area (Å²) < 4.78 is 0. The Morgan fingerprint density at radius 3 is 2.47 bits per heavy atom. The normalized spacial score (nSPS) is 14.4. The fraction of sp³-hybridized carbons (Fsp3) is 0.533. The highest BCUT2D eigenvalue weighted by Gasteiger charge is 2.36. The minimum atomic E-state index is -0.398. The molecular weight excluding hydrogens is 208 g/mol. The Morgan fingerprint density at radius 1 is 1.35 bits per heavy atom. The first-order valence-corrected chi connectivity index (χ1v) is 6.26. The number of nitrogens with zero attached hydrogens (tertiary/aromatic N) is 1. The van der Waals surface area contributed by atoms with Crippen LogP contribution in [0.1, 0.15) is 37.8 Å². The minimum absolute atomic E-state index is 0.292. The summed E-state index contributed by atoms with van der Waals surface area (Å²) in [4.78, 5) is 0. The molecule has 2 N–H and O–H groups in total. The summed E-state index contributed by atoms with van der Waals surface area (Å²) in [6, 6.07) is 10.7. The van der Waals surface area contributed by atoms with Gasteiger partial charge in [0.2, 0.25) is 0 Å². The van der Waals surface area contributed by atoms with Crippen LogP contribution >= 0.6 is 0 Å². The zero-order valence-corrected chi connectivity index (χ0v) is 11.0. The lowest BCUT2D eigenvalue weighted by molar-refractivity contribution is 0.360. The zero-order valence-electron chi connectivity index (χ0n) is 11.0. The Bertz CT molecular complexity index is 404. The van der Waals surface area contributed by atoms with Gasteiger partial charge in [-0.05, 0) is 43.4 Å². The molecule has 92 valence electrons. The molecule has 0 aliphatic carbocycles. The van der Waals surface area contributed by atoms with Crippen molar-refractivity contribution in [1.29, 1.82) is 5.26 Å². The molecule has 2 heteroatoms. The summed E-state index contributed by atoms with van der Waals surface area (Å²) in [5.41, 5.74) is 7.55. The van der Waals surface area contributed by atoms with Crippen molar-refractivity contribution in [1.82, 2.24) is 0 Å².